The van der Waals surface area contributed by atoms with E-state index in [1.165, 1.54) is 31.7 Å². The van der Waals surface area contributed by atoms with Crippen LogP contribution in [0.5, 0.6) is 5.75 Å². The quantitative estimate of drug-likeness (QED) is 0.676. The lowest BCUT2D eigenvalue weighted by molar-refractivity contribution is -0.139. The molecule has 0 bridgehead atoms. The van der Waals surface area contributed by atoms with E-state index in [2.05, 4.69) is 0 Å². The molecule has 1 aromatic carbocycles. The van der Waals surface area contributed by atoms with Crippen LogP contribution in [0.15, 0.2) is 27.4 Å². The van der Waals surface area contributed by atoms with E-state index in [4.69, 9.17) is 9.15 Å². The highest BCUT2D eigenvalue weighted by atomic mass is 16.5. The first-order valence-electron chi connectivity index (χ1n) is 10.4. The molecule has 2 aromatic rings. The molecule has 2 fully saturated rings. The number of carbonyl (C=O) groups excluding carboxylic acids is 1. The fourth-order valence-corrected chi connectivity index (χ4v) is 4.41. The highest BCUT2D eigenvalue weighted by Gasteiger charge is 2.45. The predicted molar refractivity (Wildman–Crippen MR) is 109 cm³/mol. The van der Waals surface area contributed by atoms with Gasteiger partial charge in [0.1, 0.15) is 11.3 Å². The van der Waals surface area contributed by atoms with Gasteiger partial charge >= 0.3 is 5.63 Å². The Labute approximate surface area is 165 Å². The molecule has 150 valence electrons. The lowest BCUT2D eigenvalue weighted by Crippen LogP contribution is -2.46. The third-order valence-corrected chi connectivity index (χ3v) is 6.07. The van der Waals surface area contributed by atoms with Gasteiger partial charge in [0.2, 0.25) is 0 Å². The Morgan fingerprint density at radius 1 is 1.21 bits per heavy atom. The van der Waals surface area contributed by atoms with Crippen molar-refractivity contribution in [3.8, 4) is 5.75 Å². The average Bonchev–Trinajstić information content (AvgIpc) is 3.54. The molecule has 1 amide bonds. The minimum atomic E-state index is -0.591. The Kier molecular flexibility index (Phi) is 4.94. The maximum absolute atomic E-state index is 13.1. The Balaban J connectivity index is 1.61. The van der Waals surface area contributed by atoms with Crippen molar-refractivity contribution in [3.05, 3.63) is 39.7 Å². The maximum atomic E-state index is 13.1. The third kappa shape index (κ3) is 3.67. The number of carbonyl (C=O) groups is 1. The van der Waals surface area contributed by atoms with Crippen LogP contribution < -0.4 is 10.4 Å². The second kappa shape index (κ2) is 7.26. The molecule has 0 spiro atoms. The molecule has 2 aliphatic carbocycles. The van der Waals surface area contributed by atoms with Crippen LogP contribution in [0.3, 0.4) is 0 Å². The lowest BCUT2D eigenvalue weighted by Gasteiger charge is -2.31. The van der Waals surface area contributed by atoms with Gasteiger partial charge in [-0.3, -0.25) is 4.79 Å². The van der Waals surface area contributed by atoms with Crippen LogP contribution in [-0.2, 0) is 11.2 Å². The van der Waals surface area contributed by atoms with Gasteiger partial charge < -0.3 is 14.1 Å². The highest BCUT2D eigenvalue weighted by molar-refractivity contribution is 5.88. The van der Waals surface area contributed by atoms with Crippen LogP contribution in [-0.4, -0.2) is 30.0 Å². The van der Waals surface area contributed by atoms with Gasteiger partial charge in [-0.15, -0.1) is 0 Å². The summed E-state index contributed by atoms with van der Waals surface area (Å²) in [6.07, 6.45) is 5.02. The molecule has 5 nitrogen and oxygen atoms in total. The fourth-order valence-electron chi connectivity index (χ4n) is 4.41. The molecule has 1 aromatic heterocycles. The number of aryl methyl sites for hydroxylation is 2. The zero-order valence-electron chi connectivity index (χ0n) is 17.2. The molecule has 0 saturated heterocycles. The largest absolute Gasteiger partial charge is 0.480 e. The van der Waals surface area contributed by atoms with E-state index in [1.54, 1.807) is 0 Å². The molecular formula is C23H29NO4. The molecular weight excluding hydrogens is 354 g/mol. The number of rotatable bonds is 7. The second-order valence-corrected chi connectivity index (χ2v) is 8.46. The van der Waals surface area contributed by atoms with Crippen molar-refractivity contribution in [1.29, 1.82) is 0 Å². The zero-order chi connectivity index (χ0) is 20.0. The molecule has 1 atom stereocenters. The van der Waals surface area contributed by atoms with E-state index in [9.17, 15) is 9.59 Å². The van der Waals surface area contributed by atoms with Crippen LogP contribution in [0, 0.1) is 18.8 Å². The standard InChI is InChI=1S/C23H29NO4/c1-5-15-12-20(25)28-19-11-13(2)10-18(21(15)19)27-14(3)23(26)24(4)22(16-6-7-16)17-8-9-17/h10-12,14,16-17,22H,5-9H2,1-4H3. The number of nitrogens with zero attached hydrogens (tertiary/aromatic N) is 1. The molecule has 2 aliphatic rings. The topological polar surface area (TPSA) is 59.8 Å². The Morgan fingerprint density at radius 2 is 1.86 bits per heavy atom. The number of likely N-dealkylation sites (N-methyl/N-ethyl adjacent to an activating group) is 1. The van der Waals surface area contributed by atoms with Crippen molar-refractivity contribution in [2.75, 3.05) is 7.05 Å². The summed E-state index contributed by atoms with van der Waals surface area (Å²) in [5, 5.41) is 0.788. The molecule has 5 heteroatoms. The summed E-state index contributed by atoms with van der Waals surface area (Å²) in [5.74, 6) is 1.96. The van der Waals surface area contributed by atoms with Crippen molar-refractivity contribution in [2.24, 2.45) is 11.8 Å². The van der Waals surface area contributed by atoms with Gasteiger partial charge in [-0.05, 0) is 81.0 Å². The maximum Gasteiger partial charge on any atom is 0.336 e. The first-order valence-corrected chi connectivity index (χ1v) is 10.4. The number of fused-ring (bicyclic) bond motifs is 1. The van der Waals surface area contributed by atoms with E-state index in [1.807, 2.05) is 44.9 Å². The van der Waals surface area contributed by atoms with Crippen molar-refractivity contribution >= 4 is 16.9 Å². The summed E-state index contributed by atoms with van der Waals surface area (Å²) < 4.78 is 11.6. The number of hydrogen-bond donors (Lipinski definition) is 0. The summed E-state index contributed by atoms with van der Waals surface area (Å²) in [6, 6.07) is 5.64. The van der Waals surface area contributed by atoms with Crippen LogP contribution in [0.2, 0.25) is 0 Å². The summed E-state index contributed by atoms with van der Waals surface area (Å²) in [5.41, 5.74) is 1.96. The summed E-state index contributed by atoms with van der Waals surface area (Å²) in [7, 11) is 1.92. The van der Waals surface area contributed by atoms with E-state index < -0.39 is 6.10 Å². The smallest absolute Gasteiger partial charge is 0.336 e. The van der Waals surface area contributed by atoms with Crippen LogP contribution in [0.1, 0.15) is 50.7 Å². The summed E-state index contributed by atoms with van der Waals surface area (Å²) in [4.78, 5) is 26.9. The van der Waals surface area contributed by atoms with Gasteiger partial charge in [-0.2, -0.15) is 0 Å². The van der Waals surface area contributed by atoms with Gasteiger partial charge in [-0.25, -0.2) is 4.79 Å². The molecule has 4 rings (SSSR count). The summed E-state index contributed by atoms with van der Waals surface area (Å²) in [6.45, 7) is 5.74. The van der Waals surface area contributed by atoms with Crippen LogP contribution in [0.25, 0.3) is 11.0 Å². The Bertz CT molecular complexity index is 943. The van der Waals surface area contributed by atoms with Gasteiger partial charge in [0.25, 0.3) is 5.91 Å². The minimum absolute atomic E-state index is 0.0221. The molecule has 1 heterocycles. The molecule has 2 saturated carbocycles. The lowest BCUT2D eigenvalue weighted by atomic mass is 10.0. The second-order valence-electron chi connectivity index (χ2n) is 8.46. The van der Waals surface area contributed by atoms with Gasteiger partial charge in [0, 0.05) is 19.2 Å². The zero-order valence-corrected chi connectivity index (χ0v) is 17.2. The number of ether oxygens (including phenoxy) is 1. The van der Waals surface area contributed by atoms with Gasteiger partial charge in [-0.1, -0.05) is 6.92 Å². The van der Waals surface area contributed by atoms with Gasteiger partial charge in [0.05, 0.1) is 5.39 Å². The molecule has 0 aliphatic heterocycles. The molecule has 28 heavy (non-hydrogen) atoms. The average molecular weight is 383 g/mol. The number of amides is 1. The van der Waals surface area contributed by atoms with Crippen molar-refractivity contribution in [1.82, 2.24) is 4.90 Å². The first-order chi connectivity index (χ1) is 13.4. The van der Waals surface area contributed by atoms with E-state index in [0.29, 0.717) is 35.6 Å². The fraction of sp³-hybridized carbons (Fsp3) is 0.565. The van der Waals surface area contributed by atoms with Crippen LogP contribution in [0.4, 0.5) is 0 Å². The predicted octanol–water partition coefficient (Wildman–Crippen LogP) is 4.08. The SMILES string of the molecule is CCc1cc(=O)oc2cc(C)cc(OC(C)C(=O)N(C)C(C3CC3)C3CC3)c12. The Hall–Kier alpha value is -2.30. The molecule has 0 radical (unpaired) electrons. The van der Waals surface area contributed by atoms with E-state index in [-0.39, 0.29) is 11.5 Å². The van der Waals surface area contributed by atoms with Crippen molar-refractivity contribution in [2.45, 2.75) is 65.0 Å². The molecule has 0 N–H and O–H groups in total. The monoisotopic (exact) mass is 383 g/mol. The number of hydrogen-bond acceptors (Lipinski definition) is 4. The Morgan fingerprint density at radius 3 is 2.43 bits per heavy atom. The first kappa shape index (κ1) is 19.0. The highest BCUT2D eigenvalue weighted by Crippen LogP contribution is 2.47. The summed E-state index contributed by atoms with van der Waals surface area (Å²) >= 11 is 0. The number of benzene rings is 1. The van der Waals surface area contributed by atoms with E-state index in [0.717, 1.165) is 16.5 Å². The van der Waals surface area contributed by atoms with Crippen molar-refractivity contribution in [3.63, 3.8) is 0 Å². The van der Waals surface area contributed by atoms with Crippen molar-refractivity contribution < 1.29 is 13.9 Å². The normalized spacial score (nSPS) is 17.8. The van der Waals surface area contributed by atoms with E-state index >= 15 is 0 Å². The van der Waals surface area contributed by atoms with Gasteiger partial charge in [0.15, 0.2) is 6.10 Å². The van der Waals surface area contributed by atoms with Crippen LogP contribution >= 0.6 is 0 Å². The third-order valence-electron chi connectivity index (χ3n) is 6.07. The minimum Gasteiger partial charge on any atom is -0.480 e. The molecule has 1 unspecified atom stereocenters.